The predicted molar refractivity (Wildman–Crippen MR) is 80.3 cm³/mol. The Morgan fingerprint density at radius 2 is 2.08 bits per heavy atom. The van der Waals surface area contributed by atoms with Gasteiger partial charge in [0.2, 0.25) is 0 Å². The molecule has 0 spiro atoms. The lowest BCUT2D eigenvalue weighted by molar-refractivity contribution is -0.159. The number of aromatic nitrogens is 1. The van der Waals surface area contributed by atoms with Crippen molar-refractivity contribution in [2.75, 3.05) is 6.54 Å². The van der Waals surface area contributed by atoms with Crippen LogP contribution in [0.25, 0.3) is 0 Å². The van der Waals surface area contributed by atoms with Crippen molar-refractivity contribution in [1.29, 1.82) is 5.26 Å². The van der Waals surface area contributed by atoms with Crippen LogP contribution in [0.4, 0.5) is 4.39 Å². The van der Waals surface area contributed by atoms with E-state index in [9.17, 15) is 4.39 Å². The predicted octanol–water partition coefficient (Wildman–Crippen LogP) is 1.57. The molecule has 0 bridgehead atoms. The van der Waals surface area contributed by atoms with Crippen molar-refractivity contribution in [3.8, 4) is 11.8 Å². The maximum absolute atomic E-state index is 13.2. The van der Waals surface area contributed by atoms with Crippen molar-refractivity contribution in [1.82, 2.24) is 5.16 Å². The van der Waals surface area contributed by atoms with Crippen LogP contribution in [0.2, 0.25) is 5.02 Å². The Morgan fingerprint density at radius 1 is 1.44 bits per heavy atom. The van der Waals surface area contributed by atoms with Crippen LogP contribution in [0.1, 0.15) is 17.4 Å². The smallest absolute Gasteiger partial charge is 0.414 e. The molecule has 9 nitrogen and oxygen atoms in total. The average Bonchev–Trinajstić information content (AvgIpc) is 3.10. The number of hydrogen-bond acceptors (Lipinski definition) is 7. The van der Waals surface area contributed by atoms with E-state index in [-0.39, 0.29) is 22.9 Å². The molecule has 2 rings (SSSR count). The third kappa shape index (κ3) is 5.76. The fraction of sp³-hybridized carbons (Fsp3) is 0.143. The van der Waals surface area contributed by atoms with Crippen molar-refractivity contribution in [2.45, 2.75) is 6.10 Å². The zero-order valence-electron chi connectivity index (χ0n) is 12.3. The summed E-state index contributed by atoms with van der Waals surface area (Å²) in [4.78, 5) is 18.2. The Hall–Kier alpha value is -3.16. The average molecular weight is 372 g/mol. The molecule has 132 valence electrons. The highest BCUT2D eigenvalue weighted by atomic mass is 35.5. The van der Waals surface area contributed by atoms with Crippen LogP contribution in [-0.4, -0.2) is 33.9 Å². The first-order chi connectivity index (χ1) is 11.8. The van der Waals surface area contributed by atoms with Gasteiger partial charge in [0.25, 0.3) is 0 Å². The van der Waals surface area contributed by atoms with Crippen LogP contribution in [0.15, 0.2) is 29.0 Å². The van der Waals surface area contributed by atoms with Crippen molar-refractivity contribution in [3.05, 3.63) is 46.6 Å². The van der Waals surface area contributed by atoms with E-state index < -0.39 is 23.9 Å². The highest BCUT2D eigenvalue weighted by Gasteiger charge is 2.18. The summed E-state index contributed by atoms with van der Waals surface area (Å²) in [6, 6.07) is 5.66. The molecule has 0 aliphatic heterocycles. The maximum atomic E-state index is 13.2. The lowest BCUT2D eigenvalue weighted by Crippen LogP contribution is -2.19. The van der Waals surface area contributed by atoms with Crippen LogP contribution in [0, 0.1) is 17.1 Å². The second-order valence-electron chi connectivity index (χ2n) is 4.25. The van der Waals surface area contributed by atoms with Crippen LogP contribution in [-0.2, 0) is 9.59 Å². The summed E-state index contributed by atoms with van der Waals surface area (Å²) in [6.45, 7) is 0.117. The third-order valence-electron chi connectivity index (χ3n) is 2.60. The fourth-order valence-electron chi connectivity index (χ4n) is 1.48. The van der Waals surface area contributed by atoms with E-state index >= 15 is 0 Å². The minimum atomic E-state index is -1.82. The Morgan fingerprint density at radius 3 is 2.52 bits per heavy atom. The molecule has 0 fully saturated rings. The summed E-state index contributed by atoms with van der Waals surface area (Å²) < 4.78 is 23.5. The second-order valence-corrected chi connectivity index (χ2v) is 4.66. The van der Waals surface area contributed by atoms with E-state index in [0.717, 1.165) is 6.07 Å². The molecule has 0 saturated carbocycles. The highest BCUT2D eigenvalue weighted by molar-refractivity contribution is 6.30. The quantitative estimate of drug-likeness (QED) is 0.677. The zero-order chi connectivity index (χ0) is 19.0. The standard InChI is InChI=1S/C12H9ClFN3O2.C2H2O4/c13-8-4-11(7(5-15)3-9(8)14)19-12(6-16)10-1-2-18-17-10;3-1(4)2(5)6/h1-4,12H,6,16H2;(H,3,4)(H,5,6)/t12-;/m1./s1. The first-order valence-electron chi connectivity index (χ1n) is 6.42. The summed E-state index contributed by atoms with van der Waals surface area (Å²) in [5, 5.41) is 27.3. The monoisotopic (exact) mass is 371 g/mol. The van der Waals surface area contributed by atoms with Gasteiger partial charge in [-0.2, -0.15) is 5.26 Å². The molecule has 1 aromatic heterocycles. The van der Waals surface area contributed by atoms with Crippen molar-refractivity contribution < 1.29 is 33.5 Å². The van der Waals surface area contributed by atoms with Crippen LogP contribution >= 0.6 is 11.6 Å². The molecule has 1 heterocycles. The lowest BCUT2D eigenvalue weighted by atomic mass is 10.2. The van der Waals surface area contributed by atoms with Crippen LogP contribution in [0.5, 0.6) is 5.75 Å². The Balaban J connectivity index is 0.000000450. The molecule has 0 unspecified atom stereocenters. The Kier molecular flexibility index (Phi) is 7.33. The maximum Gasteiger partial charge on any atom is 0.414 e. The van der Waals surface area contributed by atoms with Gasteiger partial charge < -0.3 is 25.2 Å². The summed E-state index contributed by atoms with van der Waals surface area (Å²) in [6.07, 6.45) is 0.775. The number of nitrogens with zero attached hydrogens (tertiary/aromatic N) is 2. The number of rotatable bonds is 4. The van der Waals surface area contributed by atoms with Gasteiger partial charge in [-0.05, 0) is 6.07 Å². The molecule has 1 aromatic carbocycles. The molecule has 0 amide bonds. The summed E-state index contributed by atoms with van der Waals surface area (Å²) >= 11 is 5.66. The number of aliphatic carboxylic acids is 2. The number of carboxylic acids is 2. The molecule has 0 aliphatic carbocycles. The van der Waals surface area contributed by atoms with E-state index in [1.807, 2.05) is 6.07 Å². The summed E-state index contributed by atoms with van der Waals surface area (Å²) in [5.41, 5.74) is 6.08. The summed E-state index contributed by atoms with van der Waals surface area (Å²) in [5.74, 6) is -4.19. The van der Waals surface area contributed by atoms with E-state index in [0.29, 0.717) is 5.69 Å². The SMILES string of the molecule is N#Cc1cc(F)c(Cl)cc1O[C@H](CN)c1ccon1.O=C(O)C(=O)O. The van der Waals surface area contributed by atoms with Gasteiger partial charge in [-0.15, -0.1) is 0 Å². The van der Waals surface area contributed by atoms with E-state index in [1.165, 1.54) is 12.3 Å². The molecular weight excluding hydrogens is 361 g/mol. The molecule has 11 heteroatoms. The number of benzene rings is 1. The van der Waals surface area contributed by atoms with Gasteiger partial charge in [0, 0.05) is 18.7 Å². The van der Waals surface area contributed by atoms with Gasteiger partial charge >= 0.3 is 11.9 Å². The first kappa shape index (κ1) is 19.9. The molecule has 0 radical (unpaired) electrons. The first-order valence-corrected chi connectivity index (χ1v) is 6.80. The zero-order valence-corrected chi connectivity index (χ0v) is 13.1. The largest absolute Gasteiger partial charge is 0.481 e. The number of nitriles is 1. The van der Waals surface area contributed by atoms with Crippen LogP contribution in [0.3, 0.4) is 0 Å². The molecule has 4 N–H and O–H groups in total. The van der Waals surface area contributed by atoms with Crippen molar-refractivity contribution >= 4 is 23.5 Å². The van der Waals surface area contributed by atoms with E-state index in [4.69, 9.17) is 51.7 Å². The molecule has 1 atom stereocenters. The Bertz CT molecular complexity index is 779. The highest BCUT2D eigenvalue weighted by Crippen LogP contribution is 2.29. The second kappa shape index (κ2) is 9.21. The van der Waals surface area contributed by atoms with Gasteiger partial charge in [0.15, 0.2) is 6.10 Å². The number of hydrogen-bond donors (Lipinski definition) is 3. The normalized spacial score (nSPS) is 10.8. The van der Waals surface area contributed by atoms with Gasteiger partial charge in [-0.25, -0.2) is 14.0 Å². The van der Waals surface area contributed by atoms with Gasteiger partial charge in [0.1, 0.15) is 29.6 Å². The molecule has 25 heavy (non-hydrogen) atoms. The van der Waals surface area contributed by atoms with Gasteiger partial charge in [-0.3, -0.25) is 0 Å². The van der Waals surface area contributed by atoms with Gasteiger partial charge in [0.05, 0.1) is 10.6 Å². The molecule has 2 aromatic rings. The van der Waals surface area contributed by atoms with E-state index in [1.54, 1.807) is 6.07 Å². The number of carboxylic acid groups (broad SMARTS) is 2. The van der Waals surface area contributed by atoms with Crippen molar-refractivity contribution in [3.63, 3.8) is 0 Å². The topological polar surface area (TPSA) is 160 Å². The lowest BCUT2D eigenvalue weighted by Gasteiger charge is -2.16. The minimum absolute atomic E-state index is 0.0313. The number of carbonyl (C=O) groups is 2. The van der Waals surface area contributed by atoms with E-state index in [2.05, 4.69) is 5.16 Å². The molecule has 0 saturated heterocycles. The minimum Gasteiger partial charge on any atom is -0.481 e. The molecule has 0 aliphatic rings. The molecular formula is C14H11ClFN3O6. The summed E-state index contributed by atoms with van der Waals surface area (Å²) in [7, 11) is 0. The van der Waals surface area contributed by atoms with Crippen LogP contribution < -0.4 is 10.5 Å². The third-order valence-corrected chi connectivity index (χ3v) is 2.89. The van der Waals surface area contributed by atoms with Gasteiger partial charge in [-0.1, -0.05) is 16.8 Å². The van der Waals surface area contributed by atoms with Crippen molar-refractivity contribution in [2.24, 2.45) is 5.73 Å². The number of halogens is 2. The fourth-order valence-corrected chi connectivity index (χ4v) is 1.64. The number of nitrogens with two attached hydrogens (primary N) is 1. The number of ether oxygens (including phenoxy) is 1. The Labute approximate surface area is 145 Å².